The fraction of sp³-hybridized carbons (Fsp3) is 0.250. The second kappa shape index (κ2) is 4.04. The molecule has 0 aromatic heterocycles. The Bertz CT molecular complexity index is 457. The van der Waals surface area contributed by atoms with Gasteiger partial charge in [0, 0.05) is 10.7 Å². The highest BCUT2D eigenvalue weighted by Crippen LogP contribution is 2.24. The number of halogens is 3. The van der Waals surface area contributed by atoms with Gasteiger partial charge in [0.2, 0.25) is 9.05 Å². The van der Waals surface area contributed by atoms with E-state index in [1.807, 2.05) is 0 Å². The van der Waals surface area contributed by atoms with Gasteiger partial charge in [-0.2, -0.15) is 0 Å². The van der Waals surface area contributed by atoms with Crippen molar-refractivity contribution in [2.45, 2.75) is 12.7 Å². The summed E-state index contributed by atoms with van der Waals surface area (Å²) in [6, 6.07) is 2.48. The van der Waals surface area contributed by atoms with E-state index >= 15 is 0 Å². The molecule has 0 N–H and O–H groups in total. The lowest BCUT2D eigenvalue weighted by molar-refractivity contribution is 0.607. The lowest BCUT2D eigenvalue weighted by Crippen LogP contribution is -1.99. The summed E-state index contributed by atoms with van der Waals surface area (Å²) in [5.74, 6) is -0.916. The molecule has 6 heteroatoms. The van der Waals surface area contributed by atoms with Crippen LogP contribution in [-0.4, -0.2) is 8.42 Å². The van der Waals surface area contributed by atoms with E-state index in [0.717, 1.165) is 6.07 Å². The lowest BCUT2D eigenvalue weighted by atomic mass is 10.1. The van der Waals surface area contributed by atoms with Crippen LogP contribution in [-0.2, 0) is 14.8 Å². The molecule has 0 amide bonds. The first kappa shape index (κ1) is 11.8. The molecule has 0 atom stereocenters. The Morgan fingerprint density at radius 3 is 2.50 bits per heavy atom. The SMILES string of the molecule is Cc1c(CS(=O)(=O)Cl)ccc(F)c1Cl. The van der Waals surface area contributed by atoms with Crippen molar-refractivity contribution in [1.29, 1.82) is 0 Å². The Kier molecular flexibility index (Phi) is 3.40. The molecule has 0 unspecified atom stereocenters. The molecule has 78 valence electrons. The highest BCUT2D eigenvalue weighted by Gasteiger charge is 2.13. The fourth-order valence-electron chi connectivity index (χ4n) is 1.03. The Hall–Kier alpha value is -0.320. The van der Waals surface area contributed by atoms with Gasteiger partial charge in [-0.15, -0.1) is 0 Å². The van der Waals surface area contributed by atoms with E-state index < -0.39 is 14.9 Å². The molecule has 0 aliphatic rings. The van der Waals surface area contributed by atoms with Gasteiger partial charge in [-0.3, -0.25) is 0 Å². The molecule has 0 bridgehead atoms. The third kappa shape index (κ3) is 2.83. The Morgan fingerprint density at radius 1 is 1.43 bits per heavy atom. The molecule has 0 heterocycles. The molecule has 14 heavy (non-hydrogen) atoms. The summed E-state index contributed by atoms with van der Waals surface area (Å²) >= 11 is 5.60. The predicted octanol–water partition coefficient (Wildman–Crippen LogP) is 2.86. The van der Waals surface area contributed by atoms with E-state index in [4.69, 9.17) is 22.3 Å². The van der Waals surface area contributed by atoms with Crippen LogP contribution in [0.2, 0.25) is 5.02 Å². The normalized spacial score (nSPS) is 11.7. The van der Waals surface area contributed by atoms with Gasteiger partial charge in [0.05, 0.1) is 10.8 Å². The van der Waals surface area contributed by atoms with Gasteiger partial charge in [0.15, 0.2) is 0 Å². The van der Waals surface area contributed by atoms with Crippen LogP contribution in [0.1, 0.15) is 11.1 Å². The minimum atomic E-state index is -3.64. The summed E-state index contributed by atoms with van der Waals surface area (Å²) < 4.78 is 34.4. The van der Waals surface area contributed by atoms with E-state index in [9.17, 15) is 12.8 Å². The van der Waals surface area contributed by atoms with Gasteiger partial charge in [-0.05, 0) is 24.1 Å². The Labute approximate surface area is 91.1 Å². The molecule has 1 aromatic carbocycles. The summed E-state index contributed by atoms with van der Waals surface area (Å²) in [5.41, 5.74) is 0.808. The van der Waals surface area contributed by atoms with Crippen LogP contribution >= 0.6 is 22.3 Å². The van der Waals surface area contributed by atoms with Gasteiger partial charge < -0.3 is 0 Å². The molecule has 1 aromatic rings. The average Bonchev–Trinajstić information content (AvgIpc) is 2.04. The number of hydrogen-bond donors (Lipinski definition) is 0. The number of rotatable bonds is 2. The van der Waals surface area contributed by atoms with Crippen LogP contribution in [0, 0.1) is 12.7 Å². The second-order valence-corrected chi connectivity index (χ2v) is 5.98. The van der Waals surface area contributed by atoms with Crippen molar-refractivity contribution >= 4 is 31.3 Å². The standard InChI is InChI=1S/C8H7Cl2FO2S/c1-5-6(4-14(10,12)13)2-3-7(11)8(5)9/h2-3H,4H2,1H3. The first-order valence-electron chi connectivity index (χ1n) is 3.67. The van der Waals surface area contributed by atoms with Crippen molar-refractivity contribution in [3.8, 4) is 0 Å². The van der Waals surface area contributed by atoms with Gasteiger partial charge in [0.1, 0.15) is 5.82 Å². The first-order valence-corrected chi connectivity index (χ1v) is 6.52. The summed E-state index contributed by atoms with van der Waals surface area (Å²) in [5, 5.41) is -0.0668. The maximum atomic E-state index is 12.9. The highest BCUT2D eigenvalue weighted by atomic mass is 35.7. The zero-order valence-electron chi connectivity index (χ0n) is 7.22. The average molecular weight is 257 g/mol. The monoisotopic (exact) mass is 256 g/mol. The largest absolute Gasteiger partial charge is 0.236 e. The molecule has 0 radical (unpaired) electrons. The van der Waals surface area contributed by atoms with Crippen LogP contribution < -0.4 is 0 Å². The molecule has 0 saturated carbocycles. The molecule has 1 rings (SSSR count). The van der Waals surface area contributed by atoms with E-state index in [0.29, 0.717) is 11.1 Å². The van der Waals surface area contributed by atoms with E-state index in [2.05, 4.69) is 0 Å². The van der Waals surface area contributed by atoms with Crippen molar-refractivity contribution in [3.63, 3.8) is 0 Å². The van der Waals surface area contributed by atoms with E-state index in [1.54, 1.807) is 6.92 Å². The Balaban J connectivity index is 3.19. The van der Waals surface area contributed by atoms with E-state index in [-0.39, 0.29) is 10.8 Å². The van der Waals surface area contributed by atoms with Crippen molar-refractivity contribution < 1.29 is 12.8 Å². The van der Waals surface area contributed by atoms with Gasteiger partial charge >= 0.3 is 0 Å². The van der Waals surface area contributed by atoms with Crippen LogP contribution in [0.15, 0.2) is 12.1 Å². The fourth-order valence-corrected chi connectivity index (χ4v) is 2.26. The van der Waals surface area contributed by atoms with Gasteiger partial charge in [-0.25, -0.2) is 12.8 Å². The number of benzene rings is 1. The zero-order chi connectivity index (χ0) is 10.9. The third-order valence-corrected chi connectivity index (χ3v) is 3.23. The zero-order valence-corrected chi connectivity index (χ0v) is 9.55. The molecule has 0 aliphatic carbocycles. The third-order valence-electron chi connectivity index (χ3n) is 1.78. The van der Waals surface area contributed by atoms with Crippen LogP contribution in [0.25, 0.3) is 0 Å². The van der Waals surface area contributed by atoms with Crippen molar-refractivity contribution in [3.05, 3.63) is 34.1 Å². The molecule has 2 nitrogen and oxygen atoms in total. The first-order chi connectivity index (χ1) is 6.31. The van der Waals surface area contributed by atoms with Crippen LogP contribution in [0.3, 0.4) is 0 Å². The van der Waals surface area contributed by atoms with Crippen molar-refractivity contribution in [2.24, 2.45) is 0 Å². The van der Waals surface area contributed by atoms with Crippen molar-refractivity contribution in [2.75, 3.05) is 0 Å². The molecular formula is C8H7Cl2FO2S. The topological polar surface area (TPSA) is 34.1 Å². The quantitative estimate of drug-likeness (QED) is 0.763. The van der Waals surface area contributed by atoms with Gasteiger partial charge in [0.25, 0.3) is 0 Å². The molecule has 0 saturated heterocycles. The maximum absolute atomic E-state index is 12.9. The second-order valence-electron chi connectivity index (χ2n) is 2.83. The van der Waals surface area contributed by atoms with Crippen LogP contribution in [0.5, 0.6) is 0 Å². The maximum Gasteiger partial charge on any atom is 0.236 e. The molecular weight excluding hydrogens is 250 g/mol. The van der Waals surface area contributed by atoms with Crippen LogP contribution in [0.4, 0.5) is 4.39 Å². The summed E-state index contributed by atoms with van der Waals surface area (Å²) in [6.07, 6.45) is 0. The summed E-state index contributed by atoms with van der Waals surface area (Å²) in [7, 11) is 1.43. The smallest absolute Gasteiger partial charge is 0.212 e. The van der Waals surface area contributed by atoms with Gasteiger partial charge in [-0.1, -0.05) is 17.7 Å². The van der Waals surface area contributed by atoms with E-state index in [1.165, 1.54) is 6.07 Å². The lowest BCUT2D eigenvalue weighted by Gasteiger charge is -2.05. The van der Waals surface area contributed by atoms with Crippen molar-refractivity contribution in [1.82, 2.24) is 0 Å². The molecule has 0 fully saturated rings. The minimum absolute atomic E-state index is 0.0668. The summed E-state index contributed by atoms with van der Waals surface area (Å²) in [6.45, 7) is 1.54. The highest BCUT2D eigenvalue weighted by molar-refractivity contribution is 8.13. The predicted molar refractivity (Wildman–Crippen MR) is 54.6 cm³/mol. The molecule has 0 aliphatic heterocycles. The summed E-state index contributed by atoms with van der Waals surface area (Å²) in [4.78, 5) is 0. The Morgan fingerprint density at radius 2 is 2.00 bits per heavy atom. The number of hydrogen-bond acceptors (Lipinski definition) is 2. The molecule has 0 spiro atoms. The minimum Gasteiger partial charge on any atom is -0.212 e.